The van der Waals surface area contributed by atoms with Gasteiger partial charge in [0.15, 0.2) is 11.5 Å². The zero-order valence-electron chi connectivity index (χ0n) is 10.8. The summed E-state index contributed by atoms with van der Waals surface area (Å²) in [6.07, 6.45) is 2.36. The Kier molecular flexibility index (Phi) is 3.98. The highest BCUT2D eigenvalue weighted by Crippen LogP contribution is 2.16. The molecule has 2 rings (SSSR count). The second-order valence-corrected chi connectivity index (χ2v) is 4.96. The van der Waals surface area contributed by atoms with Gasteiger partial charge in [-0.3, -0.25) is 4.90 Å². The molecule has 1 aliphatic rings. The van der Waals surface area contributed by atoms with Crippen LogP contribution in [-0.4, -0.2) is 59.3 Å². The molecule has 1 N–H and O–H groups in total. The summed E-state index contributed by atoms with van der Waals surface area (Å²) in [5.74, 6) is -0.451. The molecule has 100 valence electrons. The molecule has 0 radical (unpaired) electrons. The molecule has 0 saturated carbocycles. The Balaban J connectivity index is 1.93. The standard InChI is InChI=1S/C12H19N3O3/c1-14-5-3-4-9(7-14)15(2)8-10-6-11(12(16)17)13-18-10/h6,9H,3-5,7-8H2,1-2H3,(H,16,17). The Labute approximate surface area is 106 Å². The number of carbonyl (C=O) groups is 1. The van der Waals surface area contributed by atoms with Crippen molar-refractivity contribution in [3.8, 4) is 0 Å². The average Bonchev–Trinajstić information content (AvgIpc) is 2.77. The maximum Gasteiger partial charge on any atom is 0.358 e. The molecule has 1 saturated heterocycles. The van der Waals surface area contributed by atoms with E-state index in [2.05, 4.69) is 22.0 Å². The van der Waals surface area contributed by atoms with Gasteiger partial charge >= 0.3 is 5.97 Å². The van der Waals surface area contributed by atoms with Crippen LogP contribution in [0.4, 0.5) is 0 Å². The second kappa shape index (κ2) is 5.49. The van der Waals surface area contributed by atoms with E-state index in [-0.39, 0.29) is 5.69 Å². The van der Waals surface area contributed by atoms with Crippen LogP contribution in [0.2, 0.25) is 0 Å². The molecule has 6 heteroatoms. The molecule has 1 fully saturated rings. The predicted octanol–water partition coefficient (Wildman–Crippen LogP) is 0.899. The molecule has 1 aromatic heterocycles. The number of likely N-dealkylation sites (N-methyl/N-ethyl adjacent to an activating group) is 2. The van der Waals surface area contributed by atoms with E-state index in [0.717, 1.165) is 13.1 Å². The van der Waals surface area contributed by atoms with Crippen LogP contribution in [0.1, 0.15) is 29.1 Å². The van der Waals surface area contributed by atoms with Crippen molar-refractivity contribution in [2.75, 3.05) is 27.2 Å². The third-order valence-corrected chi connectivity index (χ3v) is 3.41. The lowest BCUT2D eigenvalue weighted by Crippen LogP contribution is -2.44. The number of piperidine rings is 1. The van der Waals surface area contributed by atoms with E-state index >= 15 is 0 Å². The first-order chi connectivity index (χ1) is 8.56. The average molecular weight is 253 g/mol. The van der Waals surface area contributed by atoms with Gasteiger partial charge in [-0.1, -0.05) is 5.16 Å². The summed E-state index contributed by atoms with van der Waals surface area (Å²) in [6, 6.07) is 1.98. The summed E-state index contributed by atoms with van der Waals surface area (Å²) in [6.45, 7) is 2.78. The van der Waals surface area contributed by atoms with Crippen LogP contribution in [0.15, 0.2) is 10.6 Å². The van der Waals surface area contributed by atoms with Crippen molar-refractivity contribution in [1.29, 1.82) is 0 Å². The Morgan fingerprint density at radius 1 is 1.72 bits per heavy atom. The topological polar surface area (TPSA) is 69.8 Å². The lowest BCUT2D eigenvalue weighted by Gasteiger charge is -2.35. The van der Waals surface area contributed by atoms with E-state index in [4.69, 9.17) is 9.63 Å². The van der Waals surface area contributed by atoms with E-state index in [9.17, 15) is 4.79 Å². The van der Waals surface area contributed by atoms with Crippen molar-refractivity contribution in [2.45, 2.75) is 25.4 Å². The smallest absolute Gasteiger partial charge is 0.358 e. The van der Waals surface area contributed by atoms with Gasteiger partial charge in [0.25, 0.3) is 0 Å². The Bertz CT molecular complexity index is 418. The Morgan fingerprint density at radius 3 is 3.11 bits per heavy atom. The molecule has 2 heterocycles. The van der Waals surface area contributed by atoms with Crippen LogP contribution in [0.5, 0.6) is 0 Å². The minimum absolute atomic E-state index is 0.0286. The number of nitrogens with zero attached hydrogens (tertiary/aromatic N) is 3. The van der Waals surface area contributed by atoms with Crippen molar-refractivity contribution < 1.29 is 14.4 Å². The van der Waals surface area contributed by atoms with Crippen LogP contribution in [-0.2, 0) is 6.54 Å². The van der Waals surface area contributed by atoms with E-state index in [0.29, 0.717) is 18.3 Å². The second-order valence-electron chi connectivity index (χ2n) is 4.96. The highest BCUT2D eigenvalue weighted by atomic mass is 16.5. The molecule has 0 amide bonds. The number of carboxylic acid groups (broad SMARTS) is 1. The molecule has 0 aromatic carbocycles. The molecule has 1 unspecified atom stereocenters. The van der Waals surface area contributed by atoms with Gasteiger partial charge in [0.1, 0.15) is 0 Å². The van der Waals surface area contributed by atoms with E-state index in [1.807, 2.05) is 7.05 Å². The maximum atomic E-state index is 10.7. The number of rotatable bonds is 4. The number of likely N-dealkylation sites (tertiary alicyclic amines) is 1. The number of hydrogen-bond donors (Lipinski definition) is 1. The molecule has 18 heavy (non-hydrogen) atoms. The first kappa shape index (κ1) is 13.0. The fraction of sp³-hybridized carbons (Fsp3) is 0.667. The van der Waals surface area contributed by atoms with Gasteiger partial charge in [-0.25, -0.2) is 4.79 Å². The van der Waals surface area contributed by atoms with Gasteiger partial charge in [0.05, 0.1) is 6.54 Å². The molecule has 0 bridgehead atoms. The molecule has 0 spiro atoms. The lowest BCUT2D eigenvalue weighted by atomic mass is 10.1. The normalized spacial score (nSPS) is 21.4. The van der Waals surface area contributed by atoms with Crippen molar-refractivity contribution in [2.24, 2.45) is 0 Å². The van der Waals surface area contributed by atoms with Gasteiger partial charge in [0, 0.05) is 18.7 Å². The monoisotopic (exact) mass is 253 g/mol. The Morgan fingerprint density at radius 2 is 2.50 bits per heavy atom. The lowest BCUT2D eigenvalue weighted by molar-refractivity contribution is 0.0685. The molecular formula is C12H19N3O3. The van der Waals surface area contributed by atoms with E-state index < -0.39 is 5.97 Å². The van der Waals surface area contributed by atoms with Crippen LogP contribution >= 0.6 is 0 Å². The minimum Gasteiger partial charge on any atom is -0.476 e. The highest BCUT2D eigenvalue weighted by Gasteiger charge is 2.22. The zero-order chi connectivity index (χ0) is 13.1. The third-order valence-electron chi connectivity index (χ3n) is 3.41. The summed E-state index contributed by atoms with van der Waals surface area (Å²) >= 11 is 0. The fourth-order valence-electron chi connectivity index (χ4n) is 2.36. The van der Waals surface area contributed by atoms with Gasteiger partial charge in [0.2, 0.25) is 0 Å². The van der Waals surface area contributed by atoms with Gasteiger partial charge in [-0.2, -0.15) is 0 Å². The summed E-state index contributed by atoms with van der Waals surface area (Å²) in [5.41, 5.74) is -0.0286. The first-order valence-corrected chi connectivity index (χ1v) is 6.14. The van der Waals surface area contributed by atoms with Crippen molar-refractivity contribution in [1.82, 2.24) is 15.0 Å². The number of aromatic nitrogens is 1. The molecular weight excluding hydrogens is 234 g/mol. The predicted molar refractivity (Wildman–Crippen MR) is 65.4 cm³/mol. The summed E-state index contributed by atoms with van der Waals surface area (Å²) in [5, 5.41) is 12.3. The van der Waals surface area contributed by atoms with Gasteiger partial charge in [-0.15, -0.1) is 0 Å². The molecule has 1 aliphatic heterocycles. The van der Waals surface area contributed by atoms with Crippen LogP contribution in [0.25, 0.3) is 0 Å². The van der Waals surface area contributed by atoms with Crippen LogP contribution < -0.4 is 0 Å². The molecule has 0 aliphatic carbocycles. The van der Waals surface area contributed by atoms with E-state index in [1.54, 1.807) is 0 Å². The first-order valence-electron chi connectivity index (χ1n) is 6.14. The van der Waals surface area contributed by atoms with Crippen LogP contribution in [0.3, 0.4) is 0 Å². The summed E-state index contributed by atoms with van der Waals surface area (Å²) in [7, 11) is 4.16. The number of aromatic carboxylic acids is 1. The highest BCUT2D eigenvalue weighted by molar-refractivity contribution is 5.85. The Hall–Kier alpha value is -1.40. The zero-order valence-corrected chi connectivity index (χ0v) is 10.8. The fourth-order valence-corrected chi connectivity index (χ4v) is 2.36. The number of hydrogen-bond acceptors (Lipinski definition) is 5. The largest absolute Gasteiger partial charge is 0.476 e. The van der Waals surface area contributed by atoms with Crippen molar-refractivity contribution in [3.05, 3.63) is 17.5 Å². The van der Waals surface area contributed by atoms with Crippen LogP contribution in [0, 0.1) is 0 Å². The molecule has 1 aromatic rings. The van der Waals surface area contributed by atoms with Gasteiger partial charge < -0.3 is 14.5 Å². The van der Waals surface area contributed by atoms with Gasteiger partial charge in [-0.05, 0) is 33.5 Å². The van der Waals surface area contributed by atoms with E-state index in [1.165, 1.54) is 18.9 Å². The molecule has 6 nitrogen and oxygen atoms in total. The number of carboxylic acids is 1. The van der Waals surface area contributed by atoms with Crippen molar-refractivity contribution in [3.63, 3.8) is 0 Å². The maximum absolute atomic E-state index is 10.7. The quantitative estimate of drug-likeness (QED) is 0.859. The SMILES string of the molecule is CN1CCCC(N(C)Cc2cc(C(=O)O)no2)C1. The molecule has 1 atom stereocenters. The third kappa shape index (κ3) is 3.08. The van der Waals surface area contributed by atoms with Crippen molar-refractivity contribution >= 4 is 5.97 Å². The summed E-state index contributed by atoms with van der Waals surface area (Å²) < 4.78 is 5.03. The minimum atomic E-state index is -1.05. The summed E-state index contributed by atoms with van der Waals surface area (Å²) in [4.78, 5) is 15.2.